The second kappa shape index (κ2) is 6.93. The number of hydrogen-bond donors (Lipinski definition) is 1. The van der Waals surface area contributed by atoms with Gasteiger partial charge in [-0.05, 0) is 43.3 Å². The molecule has 1 fully saturated rings. The summed E-state index contributed by atoms with van der Waals surface area (Å²) in [4.78, 5) is 26.1. The summed E-state index contributed by atoms with van der Waals surface area (Å²) in [7, 11) is 0. The maximum Gasteiger partial charge on any atom is 0.256 e. The number of carbonyl (C=O) groups is 2. The number of nitrogens with zero attached hydrogens (tertiary/aromatic N) is 1. The molecule has 2 aromatic rings. The zero-order valence-electron chi connectivity index (χ0n) is 13.2. The zero-order valence-corrected chi connectivity index (χ0v) is 13.9. The lowest BCUT2D eigenvalue weighted by atomic mass is 10.2. The van der Waals surface area contributed by atoms with Crippen LogP contribution in [0.1, 0.15) is 13.3 Å². The number of anilines is 2. The molecule has 6 heteroatoms. The standard InChI is InChI=1S/C18H17ClN2O3/c1-2-24-16-6-4-3-5-14(16)20-15-11-17(22)21(18(15)23)13-9-7-12(19)8-10-13/h3-10,15,20H,2,11H2,1H3. The Morgan fingerprint density at radius 2 is 1.88 bits per heavy atom. The Bertz CT molecular complexity index is 761. The number of ether oxygens (including phenoxy) is 1. The van der Waals surface area contributed by atoms with Crippen LogP contribution in [0.4, 0.5) is 11.4 Å². The second-order valence-electron chi connectivity index (χ2n) is 5.37. The molecule has 1 heterocycles. The van der Waals surface area contributed by atoms with E-state index in [1.54, 1.807) is 24.3 Å². The Labute approximate surface area is 145 Å². The molecule has 2 amide bonds. The highest BCUT2D eigenvalue weighted by atomic mass is 35.5. The minimum atomic E-state index is -0.616. The van der Waals surface area contributed by atoms with Gasteiger partial charge in [-0.15, -0.1) is 0 Å². The van der Waals surface area contributed by atoms with Crippen LogP contribution in [0.15, 0.2) is 48.5 Å². The topological polar surface area (TPSA) is 58.6 Å². The summed E-state index contributed by atoms with van der Waals surface area (Å²) in [6.07, 6.45) is 0.0991. The van der Waals surface area contributed by atoms with E-state index in [-0.39, 0.29) is 18.2 Å². The molecule has 0 saturated carbocycles. The van der Waals surface area contributed by atoms with E-state index in [1.165, 1.54) is 4.90 Å². The predicted molar refractivity (Wildman–Crippen MR) is 93.6 cm³/mol. The molecule has 0 aliphatic carbocycles. The Morgan fingerprint density at radius 1 is 1.17 bits per heavy atom. The first-order chi connectivity index (χ1) is 11.6. The molecular formula is C18H17ClN2O3. The minimum absolute atomic E-state index is 0.0991. The largest absolute Gasteiger partial charge is 0.492 e. The van der Waals surface area contributed by atoms with Gasteiger partial charge in [0.2, 0.25) is 5.91 Å². The average Bonchev–Trinajstić information content (AvgIpc) is 2.85. The Hall–Kier alpha value is -2.53. The van der Waals surface area contributed by atoms with E-state index >= 15 is 0 Å². The number of para-hydroxylation sites is 2. The number of amides is 2. The van der Waals surface area contributed by atoms with Crippen LogP contribution in [0.3, 0.4) is 0 Å². The minimum Gasteiger partial charge on any atom is -0.492 e. The van der Waals surface area contributed by atoms with Gasteiger partial charge in [0.15, 0.2) is 0 Å². The third-order valence-electron chi connectivity index (χ3n) is 3.75. The Balaban J connectivity index is 1.81. The van der Waals surface area contributed by atoms with Gasteiger partial charge in [0.05, 0.1) is 24.4 Å². The summed E-state index contributed by atoms with van der Waals surface area (Å²) < 4.78 is 5.55. The van der Waals surface area contributed by atoms with Crippen molar-refractivity contribution in [3.8, 4) is 5.75 Å². The summed E-state index contributed by atoms with van der Waals surface area (Å²) in [5, 5.41) is 3.68. The summed E-state index contributed by atoms with van der Waals surface area (Å²) in [5.41, 5.74) is 1.22. The molecule has 0 spiro atoms. The fraction of sp³-hybridized carbons (Fsp3) is 0.222. The van der Waals surface area contributed by atoms with Crippen molar-refractivity contribution in [2.45, 2.75) is 19.4 Å². The molecule has 1 atom stereocenters. The molecule has 1 unspecified atom stereocenters. The van der Waals surface area contributed by atoms with Crippen LogP contribution in [-0.4, -0.2) is 24.5 Å². The van der Waals surface area contributed by atoms with Crippen LogP contribution in [0, 0.1) is 0 Å². The molecule has 1 aliphatic rings. The molecule has 0 radical (unpaired) electrons. The van der Waals surface area contributed by atoms with Gasteiger partial charge in [0, 0.05) is 5.02 Å². The van der Waals surface area contributed by atoms with Crippen molar-refractivity contribution in [3.05, 3.63) is 53.6 Å². The van der Waals surface area contributed by atoms with Crippen molar-refractivity contribution < 1.29 is 14.3 Å². The molecule has 1 N–H and O–H groups in total. The van der Waals surface area contributed by atoms with E-state index in [2.05, 4.69) is 5.32 Å². The highest BCUT2D eigenvalue weighted by Crippen LogP contribution is 2.29. The number of rotatable bonds is 5. The van der Waals surface area contributed by atoms with Crippen molar-refractivity contribution in [1.29, 1.82) is 0 Å². The quantitative estimate of drug-likeness (QED) is 0.844. The molecular weight excluding hydrogens is 328 g/mol. The fourth-order valence-corrected chi connectivity index (χ4v) is 2.79. The zero-order chi connectivity index (χ0) is 17.1. The van der Waals surface area contributed by atoms with E-state index < -0.39 is 6.04 Å². The van der Waals surface area contributed by atoms with Gasteiger partial charge in [-0.3, -0.25) is 9.59 Å². The lowest BCUT2D eigenvalue weighted by Gasteiger charge is -2.17. The van der Waals surface area contributed by atoms with Crippen molar-refractivity contribution in [2.24, 2.45) is 0 Å². The van der Waals surface area contributed by atoms with E-state index in [0.717, 1.165) is 0 Å². The van der Waals surface area contributed by atoms with Gasteiger partial charge >= 0.3 is 0 Å². The molecule has 1 saturated heterocycles. The highest BCUT2D eigenvalue weighted by Gasteiger charge is 2.39. The molecule has 0 aromatic heterocycles. The highest BCUT2D eigenvalue weighted by molar-refractivity contribution is 6.30. The average molecular weight is 345 g/mol. The van der Waals surface area contributed by atoms with Crippen molar-refractivity contribution in [2.75, 3.05) is 16.8 Å². The SMILES string of the molecule is CCOc1ccccc1NC1CC(=O)N(c2ccc(Cl)cc2)C1=O. The Morgan fingerprint density at radius 3 is 2.58 bits per heavy atom. The first-order valence-electron chi connectivity index (χ1n) is 7.71. The van der Waals surface area contributed by atoms with Gasteiger partial charge in [-0.25, -0.2) is 4.90 Å². The monoisotopic (exact) mass is 344 g/mol. The van der Waals surface area contributed by atoms with Crippen molar-refractivity contribution in [1.82, 2.24) is 0 Å². The first kappa shape index (κ1) is 16.3. The number of nitrogens with one attached hydrogen (secondary N) is 1. The van der Waals surface area contributed by atoms with Crippen LogP contribution < -0.4 is 15.0 Å². The molecule has 1 aliphatic heterocycles. The van der Waals surface area contributed by atoms with E-state index in [1.807, 2.05) is 31.2 Å². The molecule has 2 aromatic carbocycles. The smallest absolute Gasteiger partial charge is 0.256 e. The molecule has 24 heavy (non-hydrogen) atoms. The van der Waals surface area contributed by atoms with Crippen LogP contribution in [0.5, 0.6) is 5.75 Å². The molecule has 124 valence electrons. The van der Waals surface area contributed by atoms with Crippen LogP contribution in [0.2, 0.25) is 5.02 Å². The first-order valence-corrected chi connectivity index (χ1v) is 8.08. The number of imide groups is 1. The van der Waals surface area contributed by atoms with Crippen LogP contribution in [0.25, 0.3) is 0 Å². The summed E-state index contributed by atoms with van der Waals surface area (Å²) in [5.74, 6) is 0.132. The number of benzene rings is 2. The summed E-state index contributed by atoms with van der Waals surface area (Å²) >= 11 is 5.86. The van der Waals surface area contributed by atoms with E-state index in [9.17, 15) is 9.59 Å². The van der Waals surface area contributed by atoms with Gasteiger partial charge in [0.25, 0.3) is 5.91 Å². The van der Waals surface area contributed by atoms with Gasteiger partial charge in [-0.1, -0.05) is 23.7 Å². The van der Waals surface area contributed by atoms with Gasteiger partial charge in [0.1, 0.15) is 11.8 Å². The number of halogens is 1. The maximum atomic E-state index is 12.6. The molecule has 3 rings (SSSR count). The third-order valence-corrected chi connectivity index (χ3v) is 4.00. The Kier molecular flexibility index (Phi) is 4.71. The van der Waals surface area contributed by atoms with Gasteiger partial charge < -0.3 is 10.1 Å². The normalized spacial score (nSPS) is 17.2. The van der Waals surface area contributed by atoms with Crippen molar-refractivity contribution in [3.63, 3.8) is 0 Å². The van der Waals surface area contributed by atoms with E-state index in [0.29, 0.717) is 28.8 Å². The summed E-state index contributed by atoms with van der Waals surface area (Å²) in [6.45, 7) is 2.41. The number of hydrogen-bond acceptors (Lipinski definition) is 4. The van der Waals surface area contributed by atoms with Crippen LogP contribution >= 0.6 is 11.6 Å². The molecule has 5 nitrogen and oxygen atoms in total. The van der Waals surface area contributed by atoms with E-state index in [4.69, 9.17) is 16.3 Å². The lowest BCUT2D eigenvalue weighted by Crippen LogP contribution is -2.34. The molecule has 0 bridgehead atoms. The third kappa shape index (κ3) is 3.21. The van der Waals surface area contributed by atoms with Crippen molar-refractivity contribution >= 4 is 34.8 Å². The second-order valence-corrected chi connectivity index (χ2v) is 5.81. The van der Waals surface area contributed by atoms with Crippen LogP contribution in [-0.2, 0) is 9.59 Å². The predicted octanol–water partition coefficient (Wildman–Crippen LogP) is 3.48. The fourth-order valence-electron chi connectivity index (χ4n) is 2.66. The summed E-state index contributed by atoms with van der Waals surface area (Å²) in [6, 6.07) is 13.4. The van der Waals surface area contributed by atoms with Gasteiger partial charge in [-0.2, -0.15) is 0 Å². The number of carbonyl (C=O) groups excluding carboxylic acids is 2. The maximum absolute atomic E-state index is 12.6. The lowest BCUT2D eigenvalue weighted by molar-refractivity contribution is -0.121.